The molecule has 1 saturated heterocycles. The van der Waals surface area contributed by atoms with Crippen LogP contribution in [-0.4, -0.2) is 48.7 Å². The van der Waals surface area contributed by atoms with Crippen LogP contribution in [0.15, 0.2) is 30.3 Å². The summed E-state index contributed by atoms with van der Waals surface area (Å²) in [6.07, 6.45) is 0. The molecular weight excluding hydrogens is 398 g/mol. The smallest absolute Gasteiger partial charge is 0.264 e. The van der Waals surface area contributed by atoms with Crippen molar-refractivity contribution >= 4 is 39.6 Å². The standard InChI is InChI=1S/C23H29N3O3S/c1-15-14-19(24-22(29)23(3,4)5)30-20(15)21(28)26-12-10-25(11-13-26)18-8-6-17(7-9-18)16(2)27/h6-9,14H,10-13H2,1-5H3,(H,24,29). The van der Waals surface area contributed by atoms with Crippen LogP contribution in [0.5, 0.6) is 0 Å². The molecule has 0 unspecified atom stereocenters. The fourth-order valence-corrected chi connectivity index (χ4v) is 4.31. The first-order valence-corrected chi connectivity index (χ1v) is 10.9. The maximum atomic E-state index is 13.0. The van der Waals surface area contributed by atoms with E-state index < -0.39 is 5.41 Å². The molecule has 0 radical (unpaired) electrons. The summed E-state index contributed by atoms with van der Waals surface area (Å²) in [5.41, 5.74) is 2.17. The topological polar surface area (TPSA) is 69.7 Å². The maximum Gasteiger partial charge on any atom is 0.264 e. The number of nitrogens with zero attached hydrogens (tertiary/aromatic N) is 2. The SMILES string of the molecule is CC(=O)c1ccc(N2CCN(C(=O)c3sc(NC(=O)C(C)(C)C)cc3C)CC2)cc1. The normalized spacial score (nSPS) is 14.6. The minimum absolute atomic E-state index is 0.0142. The average molecular weight is 428 g/mol. The number of nitrogens with one attached hydrogen (secondary N) is 1. The van der Waals surface area contributed by atoms with Gasteiger partial charge in [-0.1, -0.05) is 20.8 Å². The van der Waals surface area contributed by atoms with Gasteiger partial charge in [-0.3, -0.25) is 14.4 Å². The number of amides is 2. The first-order chi connectivity index (χ1) is 14.1. The number of Topliss-reactive ketones (excluding diaryl/α,β-unsaturated/α-hetero) is 1. The molecule has 2 amide bonds. The van der Waals surface area contributed by atoms with Gasteiger partial charge in [0.2, 0.25) is 5.91 Å². The zero-order valence-electron chi connectivity index (χ0n) is 18.2. The van der Waals surface area contributed by atoms with Gasteiger partial charge in [0, 0.05) is 42.8 Å². The van der Waals surface area contributed by atoms with Crippen molar-refractivity contribution in [2.45, 2.75) is 34.6 Å². The molecule has 1 aliphatic rings. The van der Waals surface area contributed by atoms with Crippen LogP contribution in [0.4, 0.5) is 10.7 Å². The molecule has 0 bridgehead atoms. The second kappa shape index (κ2) is 8.60. The van der Waals surface area contributed by atoms with E-state index in [0.717, 1.165) is 24.3 Å². The number of benzene rings is 1. The molecule has 160 valence electrons. The molecule has 6 nitrogen and oxygen atoms in total. The van der Waals surface area contributed by atoms with Crippen LogP contribution >= 0.6 is 11.3 Å². The van der Waals surface area contributed by atoms with Crippen LogP contribution in [-0.2, 0) is 4.79 Å². The molecule has 1 aromatic heterocycles. The number of aryl methyl sites for hydroxylation is 1. The van der Waals surface area contributed by atoms with Crippen LogP contribution in [0.1, 0.15) is 53.3 Å². The van der Waals surface area contributed by atoms with Crippen LogP contribution in [0.3, 0.4) is 0 Å². The summed E-state index contributed by atoms with van der Waals surface area (Å²) in [6.45, 7) is 11.8. The van der Waals surface area contributed by atoms with Crippen molar-refractivity contribution in [3.63, 3.8) is 0 Å². The van der Waals surface area contributed by atoms with Gasteiger partial charge in [-0.15, -0.1) is 11.3 Å². The number of hydrogen-bond donors (Lipinski definition) is 1. The highest BCUT2D eigenvalue weighted by Gasteiger charge is 2.26. The fourth-order valence-electron chi connectivity index (χ4n) is 3.27. The summed E-state index contributed by atoms with van der Waals surface area (Å²) in [4.78, 5) is 41.5. The van der Waals surface area contributed by atoms with Gasteiger partial charge >= 0.3 is 0 Å². The van der Waals surface area contributed by atoms with E-state index in [2.05, 4.69) is 10.2 Å². The Balaban J connectivity index is 1.62. The second-order valence-electron chi connectivity index (χ2n) is 8.71. The third-order valence-corrected chi connectivity index (χ3v) is 6.38. The number of carbonyl (C=O) groups is 3. The molecule has 1 aliphatic heterocycles. The summed E-state index contributed by atoms with van der Waals surface area (Å²) >= 11 is 1.34. The zero-order valence-corrected chi connectivity index (χ0v) is 19.1. The Hall–Kier alpha value is -2.67. The van der Waals surface area contributed by atoms with Crippen LogP contribution in [0.25, 0.3) is 0 Å². The maximum absolute atomic E-state index is 13.0. The van der Waals surface area contributed by atoms with E-state index in [1.54, 1.807) is 6.92 Å². The van der Waals surface area contributed by atoms with E-state index in [-0.39, 0.29) is 17.6 Å². The quantitative estimate of drug-likeness (QED) is 0.742. The van der Waals surface area contributed by atoms with Crippen LogP contribution in [0.2, 0.25) is 0 Å². The minimum atomic E-state index is -0.485. The second-order valence-corrected chi connectivity index (χ2v) is 9.76. The molecule has 1 fully saturated rings. The molecule has 2 aromatic rings. The van der Waals surface area contributed by atoms with Crippen molar-refractivity contribution in [1.29, 1.82) is 0 Å². The third-order valence-electron chi connectivity index (χ3n) is 5.24. The number of thiophene rings is 1. The van der Waals surface area contributed by atoms with Gasteiger partial charge in [0.05, 0.1) is 9.88 Å². The summed E-state index contributed by atoms with van der Waals surface area (Å²) in [6, 6.07) is 9.48. The van der Waals surface area contributed by atoms with Crippen molar-refractivity contribution in [2.75, 3.05) is 36.4 Å². The van der Waals surface area contributed by atoms with Gasteiger partial charge in [0.25, 0.3) is 5.91 Å². The van der Waals surface area contributed by atoms with E-state index in [9.17, 15) is 14.4 Å². The molecule has 0 atom stereocenters. The first kappa shape index (κ1) is 22.0. The Kier molecular flexibility index (Phi) is 6.31. The van der Waals surface area contributed by atoms with Gasteiger partial charge in [0.15, 0.2) is 5.78 Å². The lowest BCUT2D eigenvalue weighted by molar-refractivity contribution is -0.123. The molecule has 3 rings (SSSR count). The van der Waals surface area contributed by atoms with Gasteiger partial charge < -0.3 is 15.1 Å². The highest BCUT2D eigenvalue weighted by Crippen LogP contribution is 2.30. The van der Waals surface area contributed by atoms with E-state index in [4.69, 9.17) is 0 Å². The lowest BCUT2D eigenvalue weighted by Gasteiger charge is -2.36. The summed E-state index contributed by atoms with van der Waals surface area (Å²) < 4.78 is 0. The molecule has 0 aliphatic carbocycles. The Morgan fingerprint density at radius 3 is 2.13 bits per heavy atom. The molecule has 30 heavy (non-hydrogen) atoms. The average Bonchev–Trinajstić information content (AvgIpc) is 3.07. The number of piperazine rings is 1. The molecule has 2 heterocycles. The monoisotopic (exact) mass is 427 g/mol. The van der Waals surface area contributed by atoms with E-state index in [1.165, 1.54) is 11.3 Å². The number of ketones is 1. The van der Waals surface area contributed by atoms with Crippen molar-refractivity contribution in [3.8, 4) is 0 Å². The Labute approximate surface area is 181 Å². The van der Waals surface area contributed by atoms with E-state index >= 15 is 0 Å². The van der Waals surface area contributed by atoms with Gasteiger partial charge in [-0.05, 0) is 49.7 Å². The van der Waals surface area contributed by atoms with Crippen molar-refractivity contribution in [1.82, 2.24) is 4.90 Å². The zero-order chi connectivity index (χ0) is 22.1. The highest BCUT2D eigenvalue weighted by molar-refractivity contribution is 7.18. The molecule has 0 spiro atoms. The van der Waals surface area contributed by atoms with E-state index in [0.29, 0.717) is 28.5 Å². The van der Waals surface area contributed by atoms with Crippen LogP contribution < -0.4 is 10.2 Å². The first-order valence-electron chi connectivity index (χ1n) is 10.1. The van der Waals surface area contributed by atoms with E-state index in [1.807, 2.05) is 62.9 Å². The van der Waals surface area contributed by atoms with Crippen molar-refractivity contribution in [2.24, 2.45) is 5.41 Å². The van der Waals surface area contributed by atoms with Crippen molar-refractivity contribution < 1.29 is 14.4 Å². The number of rotatable bonds is 4. The molecule has 0 saturated carbocycles. The molecule has 1 aromatic carbocycles. The lowest BCUT2D eigenvalue weighted by Crippen LogP contribution is -2.48. The lowest BCUT2D eigenvalue weighted by atomic mass is 9.96. The highest BCUT2D eigenvalue weighted by atomic mass is 32.1. The van der Waals surface area contributed by atoms with Gasteiger partial charge in [0.1, 0.15) is 0 Å². The fraction of sp³-hybridized carbons (Fsp3) is 0.435. The summed E-state index contributed by atoms with van der Waals surface area (Å²) in [5.74, 6) is 0.00818. The Morgan fingerprint density at radius 2 is 1.60 bits per heavy atom. The predicted octanol–water partition coefficient (Wildman–Crippen LogP) is 4.21. The molecule has 1 N–H and O–H groups in total. The van der Waals surface area contributed by atoms with Gasteiger partial charge in [-0.25, -0.2) is 0 Å². The molecule has 7 heteroatoms. The minimum Gasteiger partial charge on any atom is -0.368 e. The largest absolute Gasteiger partial charge is 0.368 e. The van der Waals surface area contributed by atoms with Crippen LogP contribution in [0, 0.1) is 12.3 Å². The number of anilines is 2. The number of hydrogen-bond acceptors (Lipinski definition) is 5. The van der Waals surface area contributed by atoms with Crippen molar-refractivity contribution in [3.05, 3.63) is 46.3 Å². The number of carbonyl (C=O) groups excluding carboxylic acids is 3. The molecular formula is C23H29N3O3S. The predicted molar refractivity (Wildman–Crippen MR) is 122 cm³/mol. The summed E-state index contributed by atoms with van der Waals surface area (Å²) in [5, 5.41) is 3.63. The summed E-state index contributed by atoms with van der Waals surface area (Å²) in [7, 11) is 0. The Bertz CT molecular complexity index is 949. The Morgan fingerprint density at radius 1 is 1.00 bits per heavy atom. The van der Waals surface area contributed by atoms with Gasteiger partial charge in [-0.2, -0.15) is 0 Å². The third kappa shape index (κ3) is 4.90.